The van der Waals surface area contributed by atoms with E-state index in [1.165, 1.54) is 17.8 Å². The van der Waals surface area contributed by atoms with E-state index in [0.717, 1.165) is 16.1 Å². The summed E-state index contributed by atoms with van der Waals surface area (Å²) in [4.78, 5) is 5.99. The zero-order chi connectivity index (χ0) is 11.0. The summed E-state index contributed by atoms with van der Waals surface area (Å²) in [5.74, 6) is -0.189. The summed E-state index contributed by atoms with van der Waals surface area (Å²) in [5.41, 5.74) is 1.73. The van der Waals surface area contributed by atoms with Gasteiger partial charge in [0.15, 0.2) is 0 Å². The summed E-state index contributed by atoms with van der Waals surface area (Å²) in [6.45, 7) is 0. The molecule has 0 saturated carbocycles. The van der Waals surface area contributed by atoms with E-state index in [9.17, 15) is 4.39 Å². The Hall–Kier alpha value is -1.61. The molecular weight excluding hydrogens is 221 g/mol. The molecule has 1 heterocycles. The predicted octanol–water partition coefficient (Wildman–Crippen LogP) is 4.04. The Morgan fingerprint density at radius 1 is 1.00 bits per heavy atom. The van der Waals surface area contributed by atoms with Gasteiger partial charge in [-0.15, -0.1) is 0 Å². The third-order valence-corrected chi connectivity index (χ3v) is 3.62. The fourth-order valence-corrected chi connectivity index (χ4v) is 2.63. The third kappa shape index (κ3) is 1.53. The molecule has 16 heavy (non-hydrogen) atoms. The number of benzene rings is 2. The van der Waals surface area contributed by atoms with Crippen molar-refractivity contribution in [1.29, 1.82) is 0 Å². The number of nitrogens with zero attached hydrogens (tertiary/aromatic N) is 1. The minimum absolute atomic E-state index is 0.189. The molecule has 0 atom stereocenters. The van der Waals surface area contributed by atoms with Crippen molar-refractivity contribution >= 4 is 23.7 Å². The Labute approximate surface area is 97.0 Å². The van der Waals surface area contributed by atoms with Crippen LogP contribution in [-0.2, 0) is 0 Å². The Morgan fingerprint density at radius 3 is 2.81 bits per heavy atom. The molecular formula is C13H8FNS. The summed E-state index contributed by atoms with van der Waals surface area (Å²) in [6.07, 6.45) is 1.72. The lowest BCUT2D eigenvalue weighted by atomic mass is 10.2. The zero-order valence-electron chi connectivity index (χ0n) is 8.35. The highest BCUT2D eigenvalue weighted by Gasteiger charge is 2.13. The fourth-order valence-electron chi connectivity index (χ4n) is 1.63. The molecule has 0 spiro atoms. The molecule has 3 heteroatoms. The number of hydrogen-bond donors (Lipinski definition) is 0. The number of hydrogen-bond acceptors (Lipinski definition) is 2. The highest BCUT2D eigenvalue weighted by Crippen LogP contribution is 2.39. The first-order valence-electron chi connectivity index (χ1n) is 4.94. The van der Waals surface area contributed by atoms with Gasteiger partial charge in [-0.05, 0) is 18.2 Å². The van der Waals surface area contributed by atoms with Gasteiger partial charge in [0, 0.05) is 16.7 Å². The van der Waals surface area contributed by atoms with Gasteiger partial charge >= 0.3 is 0 Å². The van der Waals surface area contributed by atoms with Crippen LogP contribution in [-0.4, -0.2) is 6.21 Å². The molecule has 0 aliphatic carbocycles. The second kappa shape index (κ2) is 3.76. The van der Waals surface area contributed by atoms with Crippen LogP contribution in [0.2, 0.25) is 0 Å². The quantitative estimate of drug-likeness (QED) is 0.566. The molecule has 2 aromatic rings. The van der Waals surface area contributed by atoms with Gasteiger partial charge in [0.05, 0.1) is 10.6 Å². The summed E-state index contributed by atoms with van der Waals surface area (Å²) < 4.78 is 13.7. The molecule has 0 fully saturated rings. The summed E-state index contributed by atoms with van der Waals surface area (Å²) >= 11 is 1.43. The van der Waals surface area contributed by atoms with E-state index in [2.05, 4.69) is 4.99 Å². The van der Waals surface area contributed by atoms with E-state index in [1.54, 1.807) is 12.3 Å². The molecule has 0 amide bonds. The van der Waals surface area contributed by atoms with Crippen LogP contribution in [0.5, 0.6) is 0 Å². The smallest absolute Gasteiger partial charge is 0.137 e. The number of para-hydroxylation sites is 1. The van der Waals surface area contributed by atoms with Crippen LogP contribution in [0.1, 0.15) is 5.56 Å². The van der Waals surface area contributed by atoms with Gasteiger partial charge in [0.2, 0.25) is 0 Å². The fraction of sp³-hybridized carbons (Fsp3) is 0. The molecule has 0 bridgehead atoms. The van der Waals surface area contributed by atoms with Crippen LogP contribution in [0.15, 0.2) is 57.2 Å². The number of rotatable bonds is 0. The van der Waals surface area contributed by atoms with Crippen LogP contribution < -0.4 is 0 Å². The minimum atomic E-state index is -0.189. The molecule has 0 saturated heterocycles. The number of fused-ring (bicyclic) bond motifs is 2. The first kappa shape index (κ1) is 9.60. The SMILES string of the molecule is Fc1cccc2c1Sc1ccccc1N=C2. The van der Waals surface area contributed by atoms with Crippen molar-refractivity contribution in [1.82, 2.24) is 0 Å². The van der Waals surface area contributed by atoms with Crippen molar-refractivity contribution in [3.8, 4) is 0 Å². The zero-order valence-corrected chi connectivity index (χ0v) is 9.17. The Bertz CT molecular complexity index is 578. The van der Waals surface area contributed by atoms with E-state index in [1.807, 2.05) is 30.3 Å². The van der Waals surface area contributed by atoms with Crippen molar-refractivity contribution in [3.63, 3.8) is 0 Å². The van der Waals surface area contributed by atoms with E-state index < -0.39 is 0 Å². The van der Waals surface area contributed by atoms with E-state index in [-0.39, 0.29) is 5.82 Å². The third-order valence-electron chi connectivity index (χ3n) is 2.42. The maximum atomic E-state index is 13.7. The summed E-state index contributed by atoms with van der Waals surface area (Å²) in [7, 11) is 0. The standard InChI is InChI=1S/C13H8FNS/c14-10-5-3-4-9-8-15-11-6-1-2-7-12(11)16-13(9)10/h1-8H. The maximum absolute atomic E-state index is 13.7. The van der Waals surface area contributed by atoms with Gasteiger partial charge in [-0.2, -0.15) is 0 Å². The average molecular weight is 229 g/mol. The van der Waals surface area contributed by atoms with Crippen LogP contribution in [0, 0.1) is 5.82 Å². The van der Waals surface area contributed by atoms with Crippen molar-refractivity contribution < 1.29 is 4.39 Å². The van der Waals surface area contributed by atoms with Gasteiger partial charge in [0.25, 0.3) is 0 Å². The number of aliphatic imine (C=N–C) groups is 1. The molecule has 1 aliphatic rings. The molecule has 0 aromatic heterocycles. The van der Waals surface area contributed by atoms with Crippen molar-refractivity contribution in [2.24, 2.45) is 4.99 Å². The van der Waals surface area contributed by atoms with Gasteiger partial charge in [-0.1, -0.05) is 36.0 Å². The molecule has 1 aliphatic heterocycles. The first-order chi connectivity index (χ1) is 7.84. The predicted molar refractivity (Wildman–Crippen MR) is 64.2 cm³/mol. The van der Waals surface area contributed by atoms with Crippen LogP contribution in [0.4, 0.5) is 10.1 Å². The van der Waals surface area contributed by atoms with Gasteiger partial charge < -0.3 is 0 Å². The Kier molecular flexibility index (Phi) is 2.26. The largest absolute Gasteiger partial charge is 0.255 e. The molecule has 0 radical (unpaired) electrons. The molecule has 3 rings (SSSR count). The van der Waals surface area contributed by atoms with Crippen LogP contribution in [0.3, 0.4) is 0 Å². The molecule has 78 valence electrons. The van der Waals surface area contributed by atoms with Gasteiger partial charge in [-0.3, -0.25) is 4.99 Å². The number of halogens is 1. The van der Waals surface area contributed by atoms with Gasteiger partial charge in [0.1, 0.15) is 5.82 Å². The van der Waals surface area contributed by atoms with E-state index >= 15 is 0 Å². The molecule has 0 unspecified atom stereocenters. The molecule has 0 N–H and O–H groups in total. The Balaban J connectivity index is 2.22. The summed E-state index contributed by atoms with van der Waals surface area (Å²) in [6, 6.07) is 12.8. The van der Waals surface area contributed by atoms with Crippen LogP contribution >= 0.6 is 11.8 Å². The summed E-state index contributed by atoms with van der Waals surface area (Å²) in [5, 5.41) is 0. The normalized spacial score (nSPS) is 12.8. The topological polar surface area (TPSA) is 12.4 Å². The molecule has 1 nitrogen and oxygen atoms in total. The highest BCUT2D eigenvalue weighted by atomic mass is 32.2. The first-order valence-corrected chi connectivity index (χ1v) is 5.76. The van der Waals surface area contributed by atoms with E-state index in [0.29, 0.717) is 4.90 Å². The lowest BCUT2D eigenvalue weighted by Crippen LogP contribution is -1.87. The monoisotopic (exact) mass is 229 g/mol. The minimum Gasteiger partial charge on any atom is -0.255 e. The van der Waals surface area contributed by atoms with Crippen molar-refractivity contribution in [3.05, 3.63) is 53.8 Å². The molecule has 2 aromatic carbocycles. The van der Waals surface area contributed by atoms with Crippen molar-refractivity contribution in [2.75, 3.05) is 0 Å². The van der Waals surface area contributed by atoms with Gasteiger partial charge in [-0.25, -0.2) is 4.39 Å². The average Bonchev–Trinajstić information content (AvgIpc) is 2.50. The maximum Gasteiger partial charge on any atom is 0.137 e. The van der Waals surface area contributed by atoms with Crippen molar-refractivity contribution in [2.45, 2.75) is 9.79 Å². The van der Waals surface area contributed by atoms with Crippen LogP contribution in [0.25, 0.3) is 0 Å². The Morgan fingerprint density at radius 2 is 1.88 bits per heavy atom. The lowest BCUT2D eigenvalue weighted by molar-refractivity contribution is 0.601. The lowest BCUT2D eigenvalue weighted by Gasteiger charge is -2.04. The van der Waals surface area contributed by atoms with E-state index in [4.69, 9.17) is 0 Å². The highest BCUT2D eigenvalue weighted by molar-refractivity contribution is 7.99. The second-order valence-electron chi connectivity index (χ2n) is 3.49. The second-order valence-corrected chi connectivity index (χ2v) is 4.54.